The molecule has 7 heteroatoms. The van der Waals surface area contributed by atoms with Gasteiger partial charge in [0.1, 0.15) is 4.90 Å². The Morgan fingerprint density at radius 3 is 2.89 bits per heavy atom. The van der Waals surface area contributed by atoms with Crippen molar-refractivity contribution in [3.8, 4) is 0 Å². The summed E-state index contributed by atoms with van der Waals surface area (Å²) in [6.07, 6.45) is 1.24. The highest BCUT2D eigenvalue weighted by Gasteiger charge is 2.36. The monoisotopic (exact) mass is 293 g/mol. The molecule has 1 aromatic carbocycles. The van der Waals surface area contributed by atoms with Crippen LogP contribution in [0.25, 0.3) is 0 Å². The maximum absolute atomic E-state index is 13.8. The summed E-state index contributed by atoms with van der Waals surface area (Å²) in [6, 6.07) is 3.39. The molecule has 1 atom stereocenters. The molecule has 0 radical (unpaired) electrons. The minimum atomic E-state index is -3.94. The molecule has 1 fully saturated rings. The molecule has 1 aliphatic heterocycles. The fourth-order valence-electron chi connectivity index (χ4n) is 2.12. The van der Waals surface area contributed by atoms with E-state index in [9.17, 15) is 12.8 Å². The van der Waals surface area contributed by atoms with Gasteiger partial charge in [0.2, 0.25) is 10.0 Å². The van der Waals surface area contributed by atoms with Crippen LogP contribution in [0.4, 0.5) is 4.39 Å². The molecule has 1 aliphatic rings. The maximum atomic E-state index is 13.8. The Bertz CT molecular complexity index is 549. The lowest BCUT2D eigenvalue weighted by Crippen LogP contribution is -2.38. The molecule has 1 N–H and O–H groups in total. The van der Waals surface area contributed by atoms with Crippen molar-refractivity contribution < 1.29 is 17.9 Å². The molecule has 18 heavy (non-hydrogen) atoms. The molecule has 0 spiro atoms. The number of benzene rings is 1. The molecule has 0 amide bonds. The van der Waals surface area contributed by atoms with Crippen LogP contribution in [0.3, 0.4) is 0 Å². The number of rotatable bonds is 3. The van der Waals surface area contributed by atoms with E-state index in [4.69, 9.17) is 16.7 Å². The van der Waals surface area contributed by atoms with Gasteiger partial charge in [0.15, 0.2) is 5.82 Å². The van der Waals surface area contributed by atoms with Gasteiger partial charge in [0, 0.05) is 12.6 Å². The first-order valence-electron chi connectivity index (χ1n) is 5.55. The predicted molar refractivity (Wildman–Crippen MR) is 65.4 cm³/mol. The Labute approximate surface area is 110 Å². The molecular weight excluding hydrogens is 281 g/mol. The Balaban J connectivity index is 2.45. The van der Waals surface area contributed by atoms with Crippen molar-refractivity contribution in [3.05, 3.63) is 29.0 Å². The molecule has 1 aromatic rings. The number of halogens is 2. The first-order valence-corrected chi connectivity index (χ1v) is 7.37. The van der Waals surface area contributed by atoms with E-state index in [1.54, 1.807) is 0 Å². The normalized spacial score (nSPS) is 21.4. The third kappa shape index (κ3) is 2.25. The van der Waals surface area contributed by atoms with Crippen molar-refractivity contribution in [1.29, 1.82) is 0 Å². The lowest BCUT2D eigenvalue weighted by molar-refractivity contribution is 0.213. The maximum Gasteiger partial charge on any atom is 0.246 e. The summed E-state index contributed by atoms with van der Waals surface area (Å²) in [5, 5.41) is 8.92. The van der Waals surface area contributed by atoms with Gasteiger partial charge in [0.05, 0.1) is 11.6 Å². The van der Waals surface area contributed by atoms with Gasteiger partial charge in [-0.2, -0.15) is 4.31 Å². The summed E-state index contributed by atoms with van der Waals surface area (Å²) in [7, 11) is -3.94. The zero-order valence-electron chi connectivity index (χ0n) is 9.51. The molecule has 4 nitrogen and oxygen atoms in total. The van der Waals surface area contributed by atoms with Gasteiger partial charge in [-0.3, -0.25) is 0 Å². The Kier molecular flexibility index (Phi) is 3.91. The van der Waals surface area contributed by atoms with E-state index in [2.05, 4.69) is 0 Å². The molecule has 0 bridgehead atoms. The van der Waals surface area contributed by atoms with Crippen molar-refractivity contribution >= 4 is 21.6 Å². The number of aliphatic hydroxyl groups is 1. The molecule has 2 rings (SSSR count). The second-order valence-electron chi connectivity index (χ2n) is 4.15. The fraction of sp³-hybridized carbons (Fsp3) is 0.455. The van der Waals surface area contributed by atoms with Crippen LogP contribution >= 0.6 is 11.6 Å². The third-order valence-corrected chi connectivity index (χ3v) is 5.30. The second-order valence-corrected chi connectivity index (χ2v) is 6.41. The summed E-state index contributed by atoms with van der Waals surface area (Å²) < 4.78 is 39.5. The van der Waals surface area contributed by atoms with Crippen LogP contribution in [0.5, 0.6) is 0 Å². The summed E-state index contributed by atoms with van der Waals surface area (Å²) in [5.74, 6) is -0.942. The van der Waals surface area contributed by atoms with Gasteiger partial charge in [-0.25, -0.2) is 12.8 Å². The van der Waals surface area contributed by atoms with Crippen molar-refractivity contribution in [2.24, 2.45) is 0 Å². The molecule has 1 heterocycles. The van der Waals surface area contributed by atoms with E-state index in [-0.39, 0.29) is 11.6 Å². The van der Waals surface area contributed by atoms with Crippen LogP contribution in [0.15, 0.2) is 23.1 Å². The number of sulfonamides is 1. The van der Waals surface area contributed by atoms with Gasteiger partial charge >= 0.3 is 0 Å². The van der Waals surface area contributed by atoms with E-state index in [0.29, 0.717) is 19.4 Å². The van der Waals surface area contributed by atoms with Crippen molar-refractivity contribution in [2.75, 3.05) is 13.2 Å². The van der Waals surface area contributed by atoms with Crippen LogP contribution in [-0.2, 0) is 10.0 Å². The topological polar surface area (TPSA) is 57.6 Å². The zero-order chi connectivity index (χ0) is 13.3. The highest BCUT2D eigenvalue weighted by atomic mass is 35.5. The number of hydrogen-bond donors (Lipinski definition) is 1. The number of aliphatic hydroxyl groups excluding tert-OH is 1. The van der Waals surface area contributed by atoms with Crippen LogP contribution in [-0.4, -0.2) is 37.0 Å². The molecule has 0 aromatic heterocycles. The van der Waals surface area contributed by atoms with E-state index in [1.165, 1.54) is 18.2 Å². The van der Waals surface area contributed by atoms with E-state index in [1.807, 2.05) is 0 Å². The summed E-state index contributed by atoms with van der Waals surface area (Å²) in [6.45, 7) is 0.0287. The number of nitrogens with zero attached hydrogens (tertiary/aromatic N) is 1. The number of hydrogen-bond acceptors (Lipinski definition) is 3. The fourth-order valence-corrected chi connectivity index (χ4v) is 4.12. The van der Waals surface area contributed by atoms with E-state index in [0.717, 1.165) is 4.31 Å². The average molecular weight is 294 g/mol. The highest BCUT2D eigenvalue weighted by molar-refractivity contribution is 7.89. The lowest BCUT2D eigenvalue weighted by atomic mass is 10.2. The summed E-state index contributed by atoms with van der Waals surface area (Å²) in [4.78, 5) is -0.435. The smallest absolute Gasteiger partial charge is 0.246 e. The van der Waals surface area contributed by atoms with Crippen LogP contribution < -0.4 is 0 Å². The van der Waals surface area contributed by atoms with Crippen LogP contribution in [0, 0.1) is 5.82 Å². The standard InChI is InChI=1S/C11H13ClFNO3S/c12-9-4-1-5-10(11(9)13)18(16,17)14-6-2-3-8(14)7-15/h1,4-5,8,15H,2-3,6-7H2. The first kappa shape index (κ1) is 13.7. The third-order valence-electron chi connectivity index (χ3n) is 3.04. The molecule has 1 saturated heterocycles. The molecule has 1 unspecified atom stereocenters. The van der Waals surface area contributed by atoms with Crippen molar-refractivity contribution in [2.45, 2.75) is 23.8 Å². The van der Waals surface area contributed by atoms with Gasteiger partial charge in [-0.15, -0.1) is 0 Å². The first-order chi connectivity index (χ1) is 8.48. The average Bonchev–Trinajstić information content (AvgIpc) is 2.81. The van der Waals surface area contributed by atoms with Gasteiger partial charge in [-0.05, 0) is 25.0 Å². The highest BCUT2D eigenvalue weighted by Crippen LogP contribution is 2.29. The summed E-state index contributed by atoms with van der Waals surface area (Å²) >= 11 is 5.59. The quantitative estimate of drug-likeness (QED) is 0.921. The molecular formula is C11H13ClFNO3S. The van der Waals surface area contributed by atoms with Gasteiger partial charge in [0.25, 0.3) is 0 Å². The van der Waals surface area contributed by atoms with Gasteiger partial charge < -0.3 is 5.11 Å². The summed E-state index contributed by atoms with van der Waals surface area (Å²) in [5.41, 5.74) is 0. The van der Waals surface area contributed by atoms with Crippen molar-refractivity contribution in [3.63, 3.8) is 0 Å². The zero-order valence-corrected chi connectivity index (χ0v) is 11.1. The van der Waals surface area contributed by atoms with Crippen molar-refractivity contribution in [1.82, 2.24) is 4.31 Å². The largest absolute Gasteiger partial charge is 0.395 e. The Hall–Kier alpha value is -0.690. The van der Waals surface area contributed by atoms with Gasteiger partial charge in [-0.1, -0.05) is 17.7 Å². The molecule has 0 aliphatic carbocycles. The Morgan fingerprint density at radius 2 is 2.22 bits per heavy atom. The lowest BCUT2D eigenvalue weighted by Gasteiger charge is -2.22. The molecule has 100 valence electrons. The predicted octanol–water partition coefficient (Wildman–Crippen LogP) is 1.62. The minimum Gasteiger partial charge on any atom is -0.395 e. The van der Waals surface area contributed by atoms with Crippen LogP contribution in [0.1, 0.15) is 12.8 Å². The minimum absolute atomic E-state index is 0.226. The second kappa shape index (κ2) is 5.13. The van der Waals surface area contributed by atoms with Crippen LogP contribution in [0.2, 0.25) is 5.02 Å². The van der Waals surface area contributed by atoms with E-state index >= 15 is 0 Å². The Morgan fingerprint density at radius 1 is 1.50 bits per heavy atom. The van der Waals surface area contributed by atoms with E-state index < -0.39 is 26.8 Å². The SMILES string of the molecule is O=S(=O)(c1cccc(Cl)c1F)N1CCCC1CO. The molecule has 0 saturated carbocycles.